The van der Waals surface area contributed by atoms with Gasteiger partial charge in [-0.15, -0.1) is 0 Å². The Morgan fingerprint density at radius 2 is 1.49 bits per heavy atom. The van der Waals surface area contributed by atoms with Crippen LogP contribution in [0.4, 0.5) is 8.78 Å². The number of ether oxygens (including phenoxy) is 1. The monoisotopic (exact) mass is 519 g/mol. The van der Waals surface area contributed by atoms with Crippen molar-refractivity contribution >= 4 is 10.9 Å². The summed E-state index contributed by atoms with van der Waals surface area (Å²) in [5, 5.41) is 17.3. The van der Waals surface area contributed by atoms with Gasteiger partial charge in [0, 0.05) is 22.0 Å². The van der Waals surface area contributed by atoms with Crippen LogP contribution in [0.25, 0.3) is 39.1 Å². The number of aliphatic hydroxyl groups is 1. The highest BCUT2D eigenvalue weighted by atomic mass is 19.1. The fraction of sp³-hybridized carbons (Fsp3) is 0.0938. The number of hydrogen-bond acceptors (Lipinski definition) is 3. The summed E-state index contributed by atoms with van der Waals surface area (Å²) in [6, 6.07) is 30.1. The quantitative estimate of drug-likeness (QED) is 0.261. The van der Waals surface area contributed by atoms with Crippen molar-refractivity contribution in [2.75, 3.05) is 6.61 Å². The summed E-state index contributed by atoms with van der Waals surface area (Å²) >= 11 is 0. The van der Waals surface area contributed by atoms with Crippen LogP contribution in [0.2, 0.25) is 0 Å². The van der Waals surface area contributed by atoms with Crippen molar-refractivity contribution in [1.29, 1.82) is 0 Å². The Labute approximate surface area is 222 Å². The highest BCUT2D eigenvalue weighted by molar-refractivity contribution is 6.03. The molecule has 0 fully saturated rings. The van der Waals surface area contributed by atoms with Crippen molar-refractivity contribution in [3.05, 3.63) is 132 Å². The summed E-state index contributed by atoms with van der Waals surface area (Å²) in [5.41, 5.74) is 6.74. The molecule has 0 unspecified atom stereocenters. The van der Waals surface area contributed by atoms with E-state index >= 15 is 0 Å². The number of hydrogen-bond donors (Lipinski definition) is 2. The zero-order valence-corrected chi connectivity index (χ0v) is 20.7. The van der Waals surface area contributed by atoms with E-state index in [-0.39, 0.29) is 18.2 Å². The number of para-hydroxylation sites is 2. The van der Waals surface area contributed by atoms with E-state index in [0.29, 0.717) is 17.0 Å². The summed E-state index contributed by atoms with van der Waals surface area (Å²) in [6.45, 7) is 0.0601. The van der Waals surface area contributed by atoms with Gasteiger partial charge >= 0.3 is 0 Å². The average molecular weight is 520 g/mol. The Kier molecular flexibility index (Phi) is 5.61. The fourth-order valence-corrected chi connectivity index (χ4v) is 5.46. The molecule has 7 rings (SSSR count). The highest BCUT2D eigenvalue weighted by Gasteiger charge is 2.37. The summed E-state index contributed by atoms with van der Waals surface area (Å²) in [4.78, 5) is 3.54. The van der Waals surface area contributed by atoms with Crippen LogP contribution >= 0.6 is 0 Å². The molecular weight excluding hydrogens is 496 g/mol. The molecule has 0 radical (unpaired) electrons. The van der Waals surface area contributed by atoms with Gasteiger partial charge < -0.3 is 14.8 Å². The van der Waals surface area contributed by atoms with Gasteiger partial charge in [-0.1, -0.05) is 60.7 Å². The molecule has 2 N–H and O–H groups in total. The second-order valence-electron chi connectivity index (χ2n) is 9.60. The first-order valence-electron chi connectivity index (χ1n) is 12.7. The van der Waals surface area contributed by atoms with Crippen molar-refractivity contribution < 1.29 is 18.6 Å². The molecule has 7 heteroatoms. The number of benzene rings is 4. The van der Waals surface area contributed by atoms with E-state index in [4.69, 9.17) is 9.84 Å². The Morgan fingerprint density at radius 3 is 2.23 bits per heavy atom. The Balaban J connectivity index is 1.55. The lowest BCUT2D eigenvalue weighted by Gasteiger charge is -2.28. The summed E-state index contributed by atoms with van der Waals surface area (Å²) in [6.07, 6.45) is -1.53. The zero-order chi connectivity index (χ0) is 26.5. The molecule has 0 aliphatic carbocycles. The van der Waals surface area contributed by atoms with Gasteiger partial charge in [-0.05, 0) is 53.6 Å². The number of nitrogens with one attached hydrogen (secondary N) is 1. The van der Waals surface area contributed by atoms with Gasteiger partial charge in [-0.25, -0.2) is 13.5 Å². The number of fused-ring (bicyclic) bond motifs is 2. The molecule has 0 bridgehead atoms. The maximum Gasteiger partial charge on any atom is 0.123 e. The fourth-order valence-electron chi connectivity index (χ4n) is 5.46. The van der Waals surface area contributed by atoms with Gasteiger partial charge in [0.2, 0.25) is 0 Å². The summed E-state index contributed by atoms with van der Waals surface area (Å²) in [5.74, 6) is -0.664. The van der Waals surface area contributed by atoms with Crippen LogP contribution in [0.1, 0.15) is 29.0 Å². The molecule has 0 amide bonds. The molecule has 0 saturated carbocycles. The molecule has 6 aromatic rings. The lowest BCUT2D eigenvalue weighted by atomic mass is 9.91. The molecule has 2 aromatic heterocycles. The molecule has 39 heavy (non-hydrogen) atoms. The van der Waals surface area contributed by atoms with E-state index in [9.17, 15) is 13.9 Å². The van der Waals surface area contributed by atoms with Gasteiger partial charge in [0.1, 0.15) is 29.5 Å². The second-order valence-corrected chi connectivity index (χ2v) is 9.60. The minimum Gasteiger partial charge on any atom is -0.384 e. The maximum absolute atomic E-state index is 13.9. The first kappa shape index (κ1) is 23.5. The van der Waals surface area contributed by atoms with Crippen molar-refractivity contribution in [3.63, 3.8) is 0 Å². The third-order valence-corrected chi connectivity index (χ3v) is 7.21. The second kappa shape index (κ2) is 9.31. The summed E-state index contributed by atoms with van der Waals surface area (Å²) < 4.78 is 35.7. The number of nitrogens with zero attached hydrogens (tertiary/aromatic N) is 2. The van der Waals surface area contributed by atoms with Gasteiger partial charge in [0.05, 0.1) is 23.7 Å². The van der Waals surface area contributed by atoms with Crippen LogP contribution in [-0.4, -0.2) is 26.5 Å². The van der Waals surface area contributed by atoms with Crippen LogP contribution in [0.3, 0.4) is 0 Å². The third-order valence-electron chi connectivity index (χ3n) is 7.21. The van der Waals surface area contributed by atoms with Crippen molar-refractivity contribution in [2.45, 2.75) is 12.2 Å². The third kappa shape index (κ3) is 3.94. The predicted octanol–water partition coefficient (Wildman–Crippen LogP) is 7.12. The van der Waals surface area contributed by atoms with Gasteiger partial charge in [0.15, 0.2) is 0 Å². The normalized spacial score (nSPS) is 16.9. The minimum atomic E-state index is -0.934. The van der Waals surface area contributed by atoms with Crippen LogP contribution in [0, 0.1) is 11.6 Å². The van der Waals surface area contributed by atoms with E-state index in [1.165, 1.54) is 24.3 Å². The van der Waals surface area contributed by atoms with E-state index in [1.807, 2.05) is 54.6 Å². The molecule has 1 aliphatic rings. The number of aromatic nitrogens is 3. The number of aromatic amines is 1. The largest absolute Gasteiger partial charge is 0.384 e. The van der Waals surface area contributed by atoms with Gasteiger partial charge in [0.25, 0.3) is 0 Å². The van der Waals surface area contributed by atoms with E-state index < -0.39 is 12.2 Å². The number of H-pyrrole nitrogens is 1. The van der Waals surface area contributed by atoms with E-state index in [0.717, 1.165) is 39.0 Å². The van der Waals surface area contributed by atoms with Crippen molar-refractivity contribution in [2.24, 2.45) is 0 Å². The molecule has 0 saturated heterocycles. The SMILES string of the molecule is O[C@@H]1CO[C@H](c2ccc(F)cc2)c2c(-c3[nH]c4ccccc4c3-c3ccc(F)cc3)nn(-c3ccccc3)c21. The lowest BCUT2D eigenvalue weighted by Crippen LogP contribution is -2.23. The van der Waals surface area contributed by atoms with Crippen LogP contribution < -0.4 is 0 Å². The topological polar surface area (TPSA) is 63.1 Å². The zero-order valence-electron chi connectivity index (χ0n) is 20.7. The molecule has 3 heterocycles. The van der Waals surface area contributed by atoms with Crippen molar-refractivity contribution in [1.82, 2.24) is 14.8 Å². The van der Waals surface area contributed by atoms with Crippen molar-refractivity contribution in [3.8, 4) is 28.2 Å². The smallest absolute Gasteiger partial charge is 0.123 e. The number of halogens is 2. The maximum atomic E-state index is 13.9. The first-order valence-corrected chi connectivity index (χ1v) is 12.7. The molecule has 1 aliphatic heterocycles. The molecular formula is C32H23F2N3O2. The highest BCUT2D eigenvalue weighted by Crippen LogP contribution is 2.46. The standard InChI is InChI=1S/C32H23F2N3O2/c33-21-14-10-19(11-15-21)27-24-8-4-5-9-25(24)35-29(27)30-28-31(37(36-30)23-6-2-1-3-7-23)26(38)18-39-32(28)20-12-16-22(34)17-13-20/h1-17,26,32,35,38H,18H2/t26-,32-/m1/s1. The van der Waals surface area contributed by atoms with Gasteiger partial charge in [-0.3, -0.25) is 0 Å². The number of rotatable bonds is 4. The minimum absolute atomic E-state index is 0.0601. The van der Waals surface area contributed by atoms with Crippen LogP contribution in [-0.2, 0) is 4.74 Å². The first-order chi connectivity index (χ1) is 19.1. The van der Waals surface area contributed by atoms with Gasteiger partial charge in [-0.2, -0.15) is 5.10 Å². The molecule has 192 valence electrons. The van der Waals surface area contributed by atoms with E-state index in [2.05, 4.69) is 4.98 Å². The Morgan fingerprint density at radius 1 is 0.821 bits per heavy atom. The Bertz CT molecular complexity index is 1790. The van der Waals surface area contributed by atoms with Crippen LogP contribution in [0.15, 0.2) is 103 Å². The lowest BCUT2D eigenvalue weighted by molar-refractivity contribution is -0.0161. The van der Waals surface area contributed by atoms with E-state index in [1.54, 1.807) is 28.9 Å². The number of aliphatic hydroxyl groups excluding tert-OH is 1. The Hall–Kier alpha value is -4.59. The van der Waals surface area contributed by atoms with Crippen LogP contribution in [0.5, 0.6) is 0 Å². The predicted molar refractivity (Wildman–Crippen MR) is 145 cm³/mol. The molecule has 2 atom stereocenters. The molecule has 5 nitrogen and oxygen atoms in total. The average Bonchev–Trinajstić information content (AvgIpc) is 3.55. The molecule has 4 aromatic carbocycles. The molecule has 0 spiro atoms. The summed E-state index contributed by atoms with van der Waals surface area (Å²) in [7, 11) is 0.